The van der Waals surface area contributed by atoms with Crippen molar-refractivity contribution in [3.63, 3.8) is 0 Å². The van der Waals surface area contributed by atoms with Crippen LogP contribution in [0.4, 0.5) is 5.95 Å². The van der Waals surface area contributed by atoms with Crippen LogP contribution in [0.3, 0.4) is 0 Å². The monoisotopic (exact) mass is 389 g/mol. The Balaban J connectivity index is 1.76. The Morgan fingerprint density at radius 2 is 1.90 bits per heavy atom. The van der Waals surface area contributed by atoms with Crippen LogP contribution in [0.5, 0.6) is 0 Å². The van der Waals surface area contributed by atoms with Crippen LogP contribution in [0.25, 0.3) is 11.4 Å². The molecule has 0 spiro atoms. The van der Waals surface area contributed by atoms with E-state index < -0.39 is 0 Å². The minimum absolute atomic E-state index is 0.00628. The van der Waals surface area contributed by atoms with Crippen LogP contribution in [-0.2, 0) is 6.54 Å². The molecule has 0 unspecified atom stereocenters. The zero-order valence-electron chi connectivity index (χ0n) is 16.8. The molecular weight excluding hydrogens is 366 g/mol. The van der Waals surface area contributed by atoms with E-state index in [0.717, 1.165) is 12.0 Å². The third-order valence-electron chi connectivity index (χ3n) is 5.43. The summed E-state index contributed by atoms with van der Waals surface area (Å²) in [6.45, 7) is 6.84. The number of benzene rings is 1. The molecule has 0 fully saturated rings. The highest BCUT2D eigenvalue weighted by Gasteiger charge is 2.36. The number of carbonyl (C=O) groups is 1. The highest BCUT2D eigenvalue weighted by molar-refractivity contribution is 5.99. The minimum atomic E-state index is -0.315. The summed E-state index contributed by atoms with van der Waals surface area (Å²) in [5, 5.41) is 0. The van der Waals surface area contributed by atoms with E-state index in [1.165, 1.54) is 12.4 Å². The highest BCUT2D eigenvalue weighted by Crippen LogP contribution is 2.31. The van der Waals surface area contributed by atoms with Crippen molar-refractivity contribution in [1.82, 2.24) is 19.5 Å². The van der Waals surface area contributed by atoms with Crippen molar-refractivity contribution in [1.29, 1.82) is 0 Å². The van der Waals surface area contributed by atoms with Crippen molar-refractivity contribution >= 4 is 11.7 Å². The fourth-order valence-corrected chi connectivity index (χ4v) is 3.53. The molecule has 148 valence electrons. The number of rotatable bonds is 4. The van der Waals surface area contributed by atoms with Crippen molar-refractivity contribution in [2.45, 2.75) is 39.3 Å². The van der Waals surface area contributed by atoms with Crippen LogP contribution < -0.4 is 10.5 Å². The van der Waals surface area contributed by atoms with Gasteiger partial charge in [0.1, 0.15) is 6.33 Å². The first-order valence-electron chi connectivity index (χ1n) is 9.61. The quantitative estimate of drug-likeness (QED) is 0.638. The van der Waals surface area contributed by atoms with E-state index in [2.05, 4.69) is 23.8 Å². The lowest BCUT2D eigenvalue weighted by molar-refractivity contribution is 0.0989. The molecule has 4 rings (SSSR count). The second kappa shape index (κ2) is 7.24. The van der Waals surface area contributed by atoms with E-state index in [1.54, 1.807) is 16.8 Å². The Bertz CT molecular complexity index is 1100. The summed E-state index contributed by atoms with van der Waals surface area (Å²) >= 11 is 0. The van der Waals surface area contributed by atoms with Gasteiger partial charge >= 0.3 is 0 Å². The number of ketones is 1. The average molecular weight is 389 g/mol. The van der Waals surface area contributed by atoms with Gasteiger partial charge in [-0.25, -0.2) is 15.0 Å². The second-order valence-electron chi connectivity index (χ2n) is 7.96. The lowest BCUT2D eigenvalue weighted by Gasteiger charge is -2.43. The SMILES string of the molecule is Cc1ccc(C(=O)CN2c3nc(-c4ccncn4)cc(=O)n3CCC2(C)C)cc1. The molecule has 0 aliphatic carbocycles. The van der Waals surface area contributed by atoms with Gasteiger partial charge in [-0.3, -0.25) is 14.2 Å². The molecule has 29 heavy (non-hydrogen) atoms. The van der Waals surface area contributed by atoms with Crippen molar-refractivity contribution in [2.75, 3.05) is 11.4 Å². The maximum Gasteiger partial charge on any atom is 0.255 e. The van der Waals surface area contributed by atoms with E-state index in [-0.39, 0.29) is 23.4 Å². The average Bonchev–Trinajstić information content (AvgIpc) is 2.71. The lowest BCUT2D eigenvalue weighted by Crippen LogP contribution is -2.53. The Hall–Kier alpha value is -3.35. The van der Waals surface area contributed by atoms with Crippen LogP contribution in [0.2, 0.25) is 0 Å². The largest absolute Gasteiger partial charge is 0.329 e. The predicted octanol–water partition coefficient (Wildman–Crippen LogP) is 2.88. The van der Waals surface area contributed by atoms with E-state index in [9.17, 15) is 9.59 Å². The summed E-state index contributed by atoms with van der Waals surface area (Å²) in [5.74, 6) is 0.496. The van der Waals surface area contributed by atoms with E-state index >= 15 is 0 Å². The van der Waals surface area contributed by atoms with Gasteiger partial charge in [0.25, 0.3) is 5.56 Å². The fraction of sp³-hybridized carbons (Fsp3) is 0.318. The maximum absolute atomic E-state index is 13.0. The molecule has 7 heteroatoms. The summed E-state index contributed by atoms with van der Waals surface area (Å²) in [6, 6.07) is 10.7. The molecule has 0 saturated carbocycles. The minimum Gasteiger partial charge on any atom is -0.329 e. The van der Waals surface area contributed by atoms with Gasteiger partial charge in [-0.2, -0.15) is 0 Å². The molecular formula is C22H23N5O2. The van der Waals surface area contributed by atoms with Crippen LogP contribution in [-0.4, -0.2) is 37.4 Å². The molecule has 0 N–H and O–H groups in total. The first kappa shape index (κ1) is 19.0. The molecule has 1 aromatic carbocycles. The van der Waals surface area contributed by atoms with Gasteiger partial charge in [-0.15, -0.1) is 0 Å². The van der Waals surface area contributed by atoms with Crippen LogP contribution in [0, 0.1) is 6.92 Å². The Kier molecular flexibility index (Phi) is 4.74. The normalized spacial score (nSPS) is 15.1. The number of hydrogen-bond donors (Lipinski definition) is 0. The number of nitrogens with zero attached hydrogens (tertiary/aromatic N) is 5. The first-order chi connectivity index (χ1) is 13.8. The molecule has 1 aliphatic rings. The molecule has 7 nitrogen and oxygen atoms in total. The summed E-state index contributed by atoms with van der Waals surface area (Å²) < 4.78 is 1.64. The zero-order valence-corrected chi connectivity index (χ0v) is 16.8. The number of aromatic nitrogens is 4. The molecule has 0 bridgehead atoms. The van der Waals surface area contributed by atoms with Crippen LogP contribution in [0.1, 0.15) is 36.2 Å². The number of aryl methyl sites for hydroxylation is 1. The van der Waals surface area contributed by atoms with Gasteiger partial charge in [-0.1, -0.05) is 29.8 Å². The highest BCUT2D eigenvalue weighted by atomic mass is 16.1. The molecule has 3 heterocycles. The number of anilines is 1. The van der Waals surface area contributed by atoms with Gasteiger partial charge < -0.3 is 4.90 Å². The number of hydrogen-bond acceptors (Lipinski definition) is 6. The summed E-state index contributed by atoms with van der Waals surface area (Å²) in [4.78, 5) is 40.6. The lowest BCUT2D eigenvalue weighted by atomic mass is 9.95. The molecule has 2 aromatic heterocycles. The maximum atomic E-state index is 13.0. The molecule has 0 saturated heterocycles. The van der Waals surface area contributed by atoms with E-state index in [4.69, 9.17) is 4.98 Å². The third kappa shape index (κ3) is 3.68. The first-order valence-corrected chi connectivity index (χ1v) is 9.61. The molecule has 0 amide bonds. The molecule has 3 aromatic rings. The van der Waals surface area contributed by atoms with Gasteiger partial charge in [-0.05, 0) is 33.3 Å². The van der Waals surface area contributed by atoms with Gasteiger partial charge in [0, 0.05) is 29.9 Å². The standard InChI is InChI=1S/C22H23N5O2/c1-15-4-6-16(7-5-15)19(28)13-27-21-25-18(17-8-10-23-14-24-17)12-20(29)26(21)11-9-22(27,2)3/h4-8,10,12,14H,9,11,13H2,1-3H3. The number of carbonyl (C=O) groups excluding carboxylic acids is 1. The van der Waals surface area contributed by atoms with E-state index in [1.807, 2.05) is 36.1 Å². The Morgan fingerprint density at radius 1 is 1.14 bits per heavy atom. The zero-order chi connectivity index (χ0) is 20.6. The van der Waals surface area contributed by atoms with E-state index in [0.29, 0.717) is 29.4 Å². The van der Waals surface area contributed by atoms with Gasteiger partial charge in [0.05, 0.1) is 17.9 Å². The molecule has 0 radical (unpaired) electrons. The second-order valence-corrected chi connectivity index (χ2v) is 7.96. The Morgan fingerprint density at radius 3 is 2.59 bits per heavy atom. The Labute approximate surface area is 169 Å². The summed E-state index contributed by atoms with van der Waals surface area (Å²) in [5.41, 5.74) is 2.35. The smallest absolute Gasteiger partial charge is 0.255 e. The summed E-state index contributed by atoms with van der Waals surface area (Å²) in [7, 11) is 0. The number of Topliss-reactive ketones (excluding diaryl/α,β-unsaturated/α-hetero) is 1. The third-order valence-corrected chi connectivity index (χ3v) is 5.43. The van der Waals surface area contributed by atoms with Crippen molar-refractivity contribution in [2.24, 2.45) is 0 Å². The van der Waals surface area contributed by atoms with Crippen molar-refractivity contribution in [3.8, 4) is 11.4 Å². The van der Waals surface area contributed by atoms with Crippen molar-refractivity contribution < 1.29 is 4.79 Å². The molecule has 0 atom stereocenters. The predicted molar refractivity (Wildman–Crippen MR) is 111 cm³/mol. The van der Waals surface area contributed by atoms with Crippen molar-refractivity contribution in [3.05, 3.63) is 70.4 Å². The van der Waals surface area contributed by atoms with Gasteiger partial charge in [0.2, 0.25) is 5.95 Å². The van der Waals surface area contributed by atoms with Crippen LogP contribution >= 0.6 is 0 Å². The molecule has 1 aliphatic heterocycles. The summed E-state index contributed by atoms with van der Waals surface area (Å²) in [6.07, 6.45) is 3.79. The topological polar surface area (TPSA) is 81.0 Å². The van der Waals surface area contributed by atoms with Gasteiger partial charge in [0.15, 0.2) is 5.78 Å². The van der Waals surface area contributed by atoms with Crippen LogP contribution in [0.15, 0.2) is 53.7 Å². The number of fused-ring (bicyclic) bond motifs is 1. The fourth-order valence-electron chi connectivity index (χ4n) is 3.53.